The van der Waals surface area contributed by atoms with Crippen molar-refractivity contribution in [2.24, 2.45) is 0 Å². The van der Waals surface area contributed by atoms with E-state index in [2.05, 4.69) is 10.1 Å². The lowest BCUT2D eigenvalue weighted by atomic mass is 10.3. The van der Waals surface area contributed by atoms with E-state index in [1.807, 2.05) is 0 Å². The van der Waals surface area contributed by atoms with Crippen molar-refractivity contribution in [3.05, 3.63) is 36.4 Å². The van der Waals surface area contributed by atoms with Gasteiger partial charge in [0.1, 0.15) is 12.4 Å². The average Bonchev–Trinajstić information content (AvgIpc) is 2.87. The van der Waals surface area contributed by atoms with Gasteiger partial charge in [0, 0.05) is 0 Å². The minimum absolute atomic E-state index is 0.0516. The van der Waals surface area contributed by atoms with Gasteiger partial charge < -0.3 is 0 Å². The lowest BCUT2D eigenvalue weighted by molar-refractivity contribution is 0.234. The third-order valence-electron chi connectivity index (χ3n) is 2.26. The maximum absolute atomic E-state index is 12.3. The van der Waals surface area contributed by atoms with E-state index in [0.717, 1.165) is 12.1 Å². The van der Waals surface area contributed by atoms with E-state index >= 15 is 0 Å². The van der Waals surface area contributed by atoms with Crippen LogP contribution in [0, 0.1) is 11.3 Å². The quantitative estimate of drug-likeness (QED) is 0.843. The zero-order valence-electron chi connectivity index (χ0n) is 9.23. The van der Waals surface area contributed by atoms with Crippen LogP contribution in [-0.2, 0) is 9.84 Å². The first-order valence-electron chi connectivity index (χ1n) is 4.89. The van der Waals surface area contributed by atoms with Gasteiger partial charge in [-0.15, -0.1) is 5.10 Å². The highest BCUT2D eigenvalue weighted by molar-refractivity contribution is 7.91. The predicted octanol–water partition coefficient (Wildman–Crippen LogP) is 1.14. The summed E-state index contributed by atoms with van der Waals surface area (Å²) in [7, 11) is -4.61. The molecule has 98 valence electrons. The second-order valence-electron chi connectivity index (χ2n) is 3.42. The second-order valence-corrected chi connectivity index (χ2v) is 5.34. The van der Waals surface area contributed by atoms with Crippen molar-refractivity contribution in [3.8, 4) is 11.8 Å². The molecule has 0 atom stereocenters. The maximum Gasteiger partial charge on any atom is 0.341 e. The molecule has 0 unspecified atom stereocenters. The van der Waals surface area contributed by atoms with E-state index in [4.69, 9.17) is 5.26 Å². The lowest BCUT2D eigenvalue weighted by Gasteiger charge is -2.04. The van der Waals surface area contributed by atoms with Crippen LogP contribution in [0.1, 0.15) is 5.82 Å². The number of hydrogen-bond donors (Lipinski definition) is 0. The van der Waals surface area contributed by atoms with Crippen LogP contribution in [0.2, 0.25) is 0 Å². The summed E-state index contributed by atoms with van der Waals surface area (Å²) in [5, 5.41) is 12.3. The highest BCUT2D eigenvalue weighted by Crippen LogP contribution is 2.19. The number of nitrogens with zero attached hydrogens (tertiary/aromatic N) is 4. The molecule has 0 N–H and O–H groups in total. The molecule has 0 aliphatic carbocycles. The number of hydrogen-bond acceptors (Lipinski definition) is 5. The third kappa shape index (κ3) is 2.43. The predicted molar refractivity (Wildman–Crippen MR) is 59.3 cm³/mol. The summed E-state index contributed by atoms with van der Waals surface area (Å²) in [5.74, 6) is -3.51. The molecule has 2 aromatic rings. The summed E-state index contributed by atoms with van der Waals surface area (Å²) < 4.78 is 48.3. The van der Waals surface area contributed by atoms with Gasteiger partial charge in [-0.25, -0.2) is 18.1 Å². The first-order valence-corrected chi connectivity index (χ1v) is 6.44. The zero-order valence-corrected chi connectivity index (χ0v) is 10.1. The number of nitriles is 1. The van der Waals surface area contributed by atoms with E-state index in [-0.39, 0.29) is 5.82 Å². The van der Waals surface area contributed by atoms with Crippen LogP contribution in [0.3, 0.4) is 0 Å². The van der Waals surface area contributed by atoms with Crippen LogP contribution >= 0.6 is 0 Å². The van der Waals surface area contributed by atoms with Gasteiger partial charge in [0.15, 0.2) is 0 Å². The van der Waals surface area contributed by atoms with Crippen molar-refractivity contribution < 1.29 is 17.2 Å². The largest absolute Gasteiger partial charge is 0.341 e. The van der Waals surface area contributed by atoms with Crippen molar-refractivity contribution >= 4 is 9.84 Å². The van der Waals surface area contributed by atoms with Gasteiger partial charge in [0.25, 0.3) is 5.82 Å². The molecule has 0 bridgehead atoms. The Morgan fingerprint density at radius 2 is 1.89 bits per heavy atom. The molecule has 0 saturated heterocycles. The fourth-order valence-electron chi connectivity index (χ4n) is 1.33. The molecule has 2 rings (SSSR count). The number of benzene rings is 1. The van der Waals surface area contributed by atoms with E-state index < -0.39 is 20.5 Å². The summed E-state index contributed by atoms with van der Waals surface area (Å²) in [6, 6.07) is 6.42. The van der Waals surface area contributed by atoms with Crippen LogP contribution in [0.5, 0.6) is 0 Å². The summed E-state index contributed by atoms with van der Waals surface area (Å²) >= 11 is 0. The van der Waals surface area contributed by atoms with Crippen molar-refractivity contribution in [2.45, 2.75) is 10.7 Å². The highest BCUT2D eigenvalue weighted by atomic mass is 32.2. The Labute approximate surface area is 106 Å². The topological polar surface area (TPSA) is 88.6 Å². The molecular weight excluding hydrogens is 278 g/mol. The molecule has 9 heteroatoms. The van der Waals surface area contributed by atoms with E-state index in [0.29, 0.717) is 5.69 Å². The van der Waals surface area contributed by atoms with Gasteiger partial charge >= 0.3 is 5.76 Å². The number of sulfone groups is 1. The fourth-order valence-corrected chi connectivity index (χ4v) is 2.05. The summed E-state index contributed by atoms with van der Waals surface area (Å²) in [5.41, 5.74) is 0.405. The first kappa shape index (κ1) is 13.1. The maximum atomic E-state index is 12.3. The van der Waals surface area contributed by atoms with E-state index in [1.54, 1.807) is 6.07 Å². The molecule has 6 nitrogen and oxygen atoms in total. The molecule has 0 spiro atoms. The minimum Gasteiger partial charge on any atom is -0.220 e. The van der Waals surface area contributed by atoms with Crippen LogP contribution in [0.15, 0.2) is 35.5 Å². The molecule has 19 heavy (non-hydrogen) atoms. The van der Waals surface area contributed by atoms with E-state index in [9.17, 15) is 17.2 Å². The smallest absolute Gasteiger partial charge is 0.220 e. The second kappa shape index (κ2) is 4.74. The molecule has 0 fully saturated rings. The number of halogens is 2. The Morgan fingerprint density at radius 1 is 1.26 bits per heavy atom. The molecule has 0 amide bonds. The average molecular weight is 284 g/mol. The summed E-state index contributed by atoms with van der Waals surface area (Å²) in [6.07, 6.45) is 1.26. The van der Waals surface area contributed by atoms with Gasteiger partial charge in [0.2, 0.25) is 9.84 Å². The Balaban J connectivity index is 2.37. The van der Waals surface area contributed by atoms with Crippen molar-refractivity contribution in [1.29, 1.82) is 5.26 Å². The van der Waals surface area contributed by atoms with Crippen LogP contribution < -0.4 is 0 Å². The zero-order chi connectivity index (χ0) is 14.0. The SMILES string of the molecule is N#Cc1ncn(-c2ccc(S(=O)(=O)C(F)F)cc2)n1. The summed E-state index contributed by atoms with van der Waals surface area (Å²) in [4.78, 5) is 3.18. The molecule has 0 radical (unpaired) electrons. The number of aromatic nitrogens is 3. The van der Waals surface area contributed by atoms with Gasteiger partial charge in [-0.2, -0.15) is 14.0 Å². The van der Waals surface area contributed by atoms with Gasteiger partial charge in [-0.3, -0.25) is 0 Å². The normalized spacial score (nSPS) is 11.5. The molecule has 0 saturated carbocycles. The van der Waals surface area contributed by atoms with Crippen LogP contribution in [-0.4, -0.2) is 28.9 Å². The Kier molecular flexibility index (Phi) is 3.26. The third-order valence-corrected chi connectivity index (χ3v) is 3.65. The molecular formula is C10H6F2N4O2S. The Hall–Kier alpha value is -2.34. The Bertz CT molecular complexity index is 732. The van der Waals surface area contributed by atoms with Crippen LogP contribution in [0.4, 0.5) is 8.78 Å². The van der Waals surface area contributed by atoms with Crippen molar-refractivity contribution in [2.75, 3.05) is 0 Å². The highest BCUT2D eigenvalue weighted by Gasteiger charge is 2.26. The molecule has 0 aliphatic heterocycles. The van der Waals surface area contributed by atoms with E-state index in [1.165, 1.54) is 23.1 Å². The fraction of sp³-hybridized carbons (Fsp3) is 0.100. The monoisotopic (exact) mass is 284 g/mol. The summed E-state index contributed by atoms with van der Waals surface area (Å²) in [6.45, 7) is 0. The minimum atomic E-state index is -4.61. The molecule has 1 heterocycles. The first-order chi connectivity index (χ1) is 8.95. The van der Waals surface area contributed by atoms with Crippen molar-refractivity contribution in [3.63, 3.8) is 0 Å². The van der Waals surface area contributed by atoms with Crippen LogP contribution in [0.25, 0.3) is 5.69 Å². The number of rotatable bonds is 3. The molecule has 1 aromatic carbocycles. The van der Waals surface area contributed by atoms with Gasteiger partial charge in [0.05, 0.1) is 10.6 Å². The van der Waals surface area contributed by atoms with Crippen molar-refractivity contribution in [1.82, 2.24) is 14.8 Å². The number of alkyl halides is 2. The molecule has 1 aromatic heterocycles. The Morgan fingerprint density at radius 3 is 2.37 bits per heavy atom. The van der Waals surface area contributed by atoms with Gasteiger partial charge in [-0.1, -0.05) is 0 Å². The standard InChI is InChI=1S/C10H6F2N4O2S/c11-10(12)19(17,18)8-3-1-7(2-4-8)16-6-14-9(5-13)15-16/h1-4,6,10H. The molecule has 0 aliphatic rings. The van der Waals surface area contributed by atoms with Gasteiger partial charge in [-0.05, 0) is 24.3 Å². The lowest BCUT2D eigenvalue weighted by Crippen LogP contribution is -2.11.